The Hall–Kier alpha value is -1.55. The van der Waals surface area contributed by atoms with E-state index in [1.807, 2.05) is 0 Å². The number of carbonyl (C=O) groups is 1. The molecule has 2 aliphatic heterocycles. The van der Waals surface area contributed by atoms with Crippen molar-refractivity contribution in [3.8, 4) is 0 Å². The van der Waals surface area contributed by atoms with Crippen LogP contribution in [-0.2, 0) is 10.2 Å². The van der Waals surface area contributed by atoms with E-state index >= 15 is 0 Å². The predicted molar refractivity (Wildman–Crippen MR) is 77.8 cm³/mol. The summed E-state index contributed by atoms with van der Waals surface area (Å²) in [6.45, 7) is 9.11. The van der Waals surface area contributed by atoms with Crippen molar-refractivity contribution >= 4 is 17.3 Å². The third-order valence-electron chi connectivity index (χ3n) is 3.98. The van der Waals surface area contributed by atoms with E-state index in [2.05, 4.69) is 54.5 Å². The van der Waals surface area contributed by atoms with Crippen molar-refractivity contribution in [1.82, 2.24) is 5.32 Å². The first-order valence-corrected chi connectivity index (χ1v) is 6.89. The highest BCUT2D eigenvalue weighted by Crippen LogP contribution is 2.36. The molecule has 0 aromatic heterocycles. The number of hydrogen-bond acceptors (Lipinski definition) is 3. The number of rotatable bonds is 0. The lowest BCUT2D eigenvalue weighted by atomic mass is 9.86. The van der Waals surface area contributed by atoms with Gasteiger partial charge in [-0.05, 0) is 23.1 Å². The minimum absolute atomic E-state index is 0.0678. The van der Waals surface area contributed by atoms with Crippen molar-refractivity contribution < 1.29 is 4.79 Å². The van der Waals surface area contributed by atoms with E-state index in [9.17, 15) is 4.79 Å². The van der Waals surface area contributed by atoms with Crippen LogP contribution < -0.4 is 15.5 Å². The largest absolute Gasteiger partial charge is 0.356 e. The number of amides is 1. The highest BCUT2D eigenvalue weighted by molar-refractivity contribution is 6.04. The summed E-state index contributed by atoms with van der Waals surface area (Å²) in [6.07, 6.45) is 0. The fourth-order valence-corrected chi connectivity index (χ4v) is 2.80. The van der Waals surface area contributed by atoms with Gasteiger partial charge < -0.3 is 15.5 Å². The fourth-order valence-electron chi connectivity index (χ4n) is 2.80. The molecule has 1 fully saturated rings. The molecule has 1 saturated heterocycles. The average Bonchev–Trinajstić information content (AvgIpc) is 2.37. The van der Waals surface area contributed by atoms with Gasteiger partial charge in [0.25, 0.3) is 0 Å². The lowest BCUT2D eigenvalue weighted by Gasteiger charge is -2.41. The van der Waals surface area contributed by atoms with Gasteiger partial charge in [0.15, 0.2) is 0 Å². The minimum Gasteiger partial charge on any atom is -0.356 e. The van der Waals surface area contributed by atoms with Crippen LogP contribution in [0.3, 0.4) is 0 Å². The Balaban J connectivity index is 2.03. The van der Waals surface area contributed by atoms with Crippen LogP contribution in [0.4, 0.5) is 11.4 Å². The number of hydrogen-bond donors (Lipinski definition) is 2. The molecule has 0 radical (unpaired) electrons. The molecule has 1 aromatic carbocycles. The molecule has 0 aliphatic carbocycles. The zero-order chi connectivity index (χ0) is 13.6. The molecule has 4 heteroatoms. The van der Waals surface area contributed by atoms with Crippen molar-refractivity contribution in [2.75, 3.05) is 29.9 Å². The normalized spacial score (nSPS) is 22.6. The molecule has 2 aliphatic rings. The van der Waals surface area contributed by atoms with Gasteiger partial charge in [0.1, 0.15) is 6.04 Å². The third kappa shape index (κ3) is 2.10. The van der Waals surface area contributed by atoms with E-state index in [1.165, 1.54) is 5.56 Å². The number of nitrogens with zero attached hydrogens (tertiary/aromatic N) is 1. The lowest BCUT2D eigenvalue weighted by Crippen LogP contribution is -2.58. The van der Waals surface area contributed by atoms with Crippen LogP contribution in [0.5, 0.6) is 0 Å². The van der Waals surface area contributed by atoms with E-state index in [0.29, 0.717) is 0 Å². The Labute approximate surface area is 114 Å². The minimum atomic E-state index is -0.0678. The third-order valence-corrected chi connectivity index (χ3v) is 3.98. The summed E-state index contributed by atoms with van der Waals surface area (Å²) in [5.41, 5.74) is 3.45. The molecule has 19 heavy (non-hydrogen) atoms. The van der Waals surface area contributed by atoms with Gasteiger partial charge >= 0.3 is 0 Å². The van der Waals surface area contributed by atoms with Crippen molar-refractivity contribution in [3.05, 3.63) is 23.8 Å². The zero-order valence-electron chi connectivity index (χ0n) is 11.8. The molecule has 0 spiro atoms. The summed E-state index contributed by atoms with van der Waals surface area (Å²) in [5, 5.41) is 6.33. The van der Waals surface area contributed by atoms with Crippen LogP contribution in [0.1, 0.15) is 26.3 Å². The maximum atomic E-state index is 12.2. The summed E-state index contributed by atoms with van der Waals surface area (Å²) in [6, 6.07) is 6.37. The van der Waals surface area contributed by atoms with Gasteiger partial charge in [-0.2, -0.15) is 0 Å². The van der Waals surface area contributed by atoms with Gasteiger partial charge in [-0.1, -0.05) is 26.8 Å². The molecule has 0 saturated carbocycles. The Morgan fingerprint density at radius 2 is 2.11 bits per heavy atom. The first-order valence-electron chi connectivity index (χ1n) is 6.89. The maximum Gasteiger partial charge on any atom is 0.248 e. The van der Waals surface area contributed by atoms with Gasteiger partial charge in [0.05, 0.1) is 11.4 Å². The smallest absolute Gasteiger partial charge is 0.248 e. The second kappa shape index (κ2) is 4.23. The van der Waals surface area contributed by atoms with Crippen LogP contribution in [0.2, 0.25) is 0 Å². The van der Waals surface area contributed by atoms with Crippen molar-refractivity contribution in [2.45, 2.75) is 32.2 Å². The molecule has 1 aromatic rings. The first kappa shape index (κ1) is 12.5. The molecular formula is C15H21N3O. The van der Waals surface area contributed by atoms with E-state index < -0.39 is 0 Å². The number of nitrogens with one attached hydrogen (secondary N) is 2. The van der Waals surface area contributed by atoms with Gasteiger partial charge in [0, 0.05) is 19.6 Å². The summed E-state index contributed by atoms with van der Waals surface area (Å²) in [4.78, 5) is 14.4. The summed E-state index contributed by atoms with van der Waals surface area (Å²) in [5.74, 6) is 0.103. The molecular weight excluding hydrogens is 238 g/mol. The molecule has 102 valence electrons. The first-order chi connectivity index (χ1) is 8.97. The second-order valence-electron chi connectivity index (χ2n) is 6.38. The molecule has 2 N–H and O–H groups in total. The highest BCUT2D eigenvalue weighted by atomic mass is 16.2. The summed E-state index contributed by atoms with van der Waals surface area (Å²) < 4.78 is 0. The number of piperazine rings is 1. The van der Waals surface area contributed by atoms with Gasteiger partial charge in [-0.3, -0.25) is 4.79 Å². The van der Waals surface area contributed by atoms with Crippen molar-refractivity contribution in [3.63, 3.8) is 0 Å². The molecule has 2 heterocycles. The van der Waals surface area contributed by atoms with Crippen LogP contribution in [-0.4, -0.2) is 31.6 Å². The monoisotopic (exact) mass is 259 g/mol. The Morgan fingerprint density at radius 3 is 2.84 bits per heavy atom. The molecule has 1 amide bonds. The topological polar surface area (TPSA) is 44.4 Å². The lowest BCUT2D eigenvalue weighted by molar-refractivity contribution is -0.117. The van der Waals surface area contributed by atoms with Crippen LogP contribution in [0.25, 0.3) is 0 Å². The predicted octanol–water partition coefficient (Wildman–Crippen LogP) is 1.71. The standard InChI is InChI=1S/C15H21N3O/c1-15(2,3)10-4-5-12-11(8-10)17-14(19)13-9-16-6-7-18(12)13/h4-5,8,13,16H,6-7,9H2,1-3H3,(H,17,19). The van der Waals surface area contributed by atoms with Crippen molar-refractivity contribution in [2.24, 2.45) is 0 Å². The van der Waals surface area contributed by atoms with Gasteiger partial charge in [-0.25, -0.2) is 0 Å². The highest BCUT2D eigenvalue weighted by Gasteiger charge is 2.34. The van der Waals surface area contributed by atoms with Crippen LogP contribution >= 0.6 is 0 Å². The molecule has 0 bridgehead atoms. The zero-order valence-corrected chi connectivity index (χ0v) is 11.8. The van der Waals surface area contributed by atoms with Crippen LogP contribution in [0, 0.1) is 0 Å². The van der Waals surface area contributed by atoms with Gasteiger partial charge in [-0.15, -0.1) is 0 Å². The summed E-state index contributed by atoms with van der Waals surface area (Å²) >= 11 is 0. The molecule has 4 nitrogen and oxygen atoms in total. The quantitative estimate of drug-likeness (QED) is 0.745. The van der Waals surface area contributed by atoms with E-state index in [1.54, 1.807) is 0 Å². The Morgan fingerprint density at radius 1 is 1.32 bits per heavy atom. The molecule has 3 rings (SSSR count). The van der Waals surface area contributed by atoms with E-state index in [0.717, 1.165) is 31.0 Å². The Kier molecular flexibility index (Phi) is 2.78. The number of benzene rings is 1. The maximum absolute atomic E-state index is 12.2. The van der Waals surface area contributed by atoms with E-state index in [4.69, 9.17) is 0 Å². The number of anilines is 2. The second-order valence-corrected chi connectivity index (χ2v) is 6.38. The Bertz CT molecular complexity index is 519. The van der Waals surface area contributed by atoms with Crippen molar-refractivity contribution in [1.29, 1.82) is 0 Å². The fraction of sp³-hybridized carbons (Fsp3) is 0.533. The summed E-state index contributed by atoms with van der Waals surface area (Å²) in [7, 11) is 0. The molecule has 1 atom stereocenters. The van der Waals surface area contributed by atoms with E-state index in [-0.39, 0.29) is 17.4 Å². The molecule has 1 unspecified atom stereocenters. The van der Waals surface area contributed by atoms with Crippen LogP contribution in [0.15, 0.2) is 18.2 Å². The van der Waals surface area contributed by atoms with Gasteiger partial charge in [0.2, 0.25) is 5.91 Å². The number of fused-ring (bicyclic) bond motifs is 3. The average molecular weight is 259 g/mol. The SMILES string of the molecule is CC(C)(C)c1ccc2c(c1)NC(=O)C1CNCCN21. The number of carbonyl (C=O) groups excluding carboxylic acids is 1.